The van der Waals surface area contributed by atoms with Gasteiger partial charge in [0.15, 0.2) is 0 Å². The van der Waals surface area contributed by atoms with Gasteiger partial charge in [-0.3, -0.25) is 4.79 Å². The van der Waals surface area contributed by atoms with Gasteiger partial charge < -0.3 is 5.73 Å². The Morgan fingerprint density at radius 2 is 1.86 bits per heavy atom. The molecule has 0 aliphatic rings. The van der Waals surface area contributed by atoms with Crippen molar-refractivity contribution in [3.8, 4) is 11.3 Å². The summed E-state index contributed by atoms with van der Waals surface area (Å²) < 4.78 is 1.44. The van der Waals surface area contributed by atoms with Crippen LogP contribution in [-0.2, 0) is 0 Å². The van der Waals surface area contributed by atoms with E-state index in [1.807, 2.05) is 31.2 Å². The van der Waals surface area contributed by atoms with Crippen LogP contribution in [0.5, 0.6) is 0 Å². The van der Waals surface area contributed by atoms with Gasteiger partial charge in [-0.25, -0.2) is 4.98 Å². The maximum absolute atomic E-state index is 11.8. The van der Waals surface area contributed by atoms with Gasteiger partial charge in [0.05, 0.1) is 17.0 Å². The molecule has 2 heterocycles. The molecule has 0 radical (unpaired) electrons. The molecule has 0 unspecified atom stereocenters. The number of aryl methyl sites for hydroxylation is 2. The fourth-order valence-electron chi connectivity index (χ4n) is 2.26. The van der Waals surface area contributed by atoms with Crippen molar-refractivity contribution in [2.24, 2.45) is 5.73 Å². The molecule has 0 bridgehead atoms. The van der Waals surface area contributed by atoms with Crippen LogP contribution in [0.25, 0.3) is 17.0 Å². The zero-order chi connectivity index (χ0) is 15.1. The van der Waals surface area contributed by atoms with Crippen LogP contribution in [0.1, 0.15) is 21.6 Å². The van der Waals surface area contributed by atoms with Crippen molar-refractivity contribution in [3.05, 3.63) is 46.4 Å². The van der Waals surface area contributed by atoms with Crippen molar-refractivity contribution in [1.82, 2.24) is 19.6 Å². The summed E-state index contributed by atoms with van der Waals surface area (Å²) in [5.74, 6) is -0.234. The highest BCUT2D eigenvalue weighted by Crippen LogP contribution is 2.26. The lowest BCUT2D eigenvalue weighted by molar-refractivity contribution is 0.0999. The van der Waals surface area contributed by atoms with Gasteiger partial charge in [0.2, 0.25) is 5.28 Å². The number of primary amides is 1. The number of amides is 1. The van der Waals surface area contributed by atoms with E-state index in [1.54, 1.807) is 6.92 Å². The normalized spacial score (nSPS) is 11.0. The molecule has 2 aromatic heterocycles. The number of halogens is 1. The molecule has 21 heavy (non-hydrogen) atoms. The van der Waals surface area contributed by atoms with Gasteiger partial charge in [0, 0.05) is 5.56 Å². The van der Waals surface area contributed by atoms with Crippen LogP contribution in [-0.4, -0.2) is 25.5 Å². The van der Waals surface area contributed by atoms with E-state index >= 15 is 0 Å². The summed E-state index contributed by atoms with van der Waals surface area (Å²) in [6, 6.07) is 7.68. The summed E-state index contributed by atoms with van der Waals surface area (Å²) in [5.41, 5.74) is 8.77. The van der Waals surface area contributed by atoms with Crippen LogP contribution in [0.2, 0.25) is 5.28 Å². The second-order valence-electron chi connectivity index (χ2n) is 4.74. The number of fused-ring (bicyclic) bond motifs is 1. The van der Waals surface area contributed by atoms with Gasteiger partial charge in [0.1, 0.15) is 0 Å². The van der Waals surface area contributed by atoms with E-state index in [-0.39, 0.29) is 5.28 Å². The lowest BCUT2D eigenvalue weighted by Crippen LogP contribution is -2.18. The van der Waals surface area contributed by atoms with E-state index in [1.165, 1.54) is 4.52 Å². The van der Waals surface area contributed by atoms with E-state index < -0.39 is 5.91 Å². The molecule has 0 aliphatic carbocycles. The van der Waals surface area contributed by atoms with Crippen molar-refractivity contribution in [2.75, 3.05) is 0 Å². The predicted octanol–water partition coefficient (Wildman–Crippen LogP) is 2.16. The number of aromatic nitrogens is 4. The number of benzene rings is 1. The highest BCUT2D eigenvalue weighted by atomic mass is 35.5. The maximum Gasteiger partial charge on any atom is 0.254 e. The number of carbonyl (C=O) groups is 1. The summed E-state index contributed by atoms with van der Waals surface area (Å²) in [5, 5.41) is 4.16. The molecule has 0 saturated heterocycles. The standard InChI is InChI=1S/C14H12ClN5O/c1-7-3-5-9(6-4-7)11-10(12(16)21)8(2)17-14-18-13(15)19-20(11)14/h3-6H,1-2H3,(H2,16,21). The Balaban J connectivity index is 2.44. The number of nitrogens with zero attached hydrogens (tertiary/aromatic N) is 4. The van der Waals surface area contributed by atoms with Crippen LogP contribution < -0.4 is 5.73 Å². The second-order valence-corrected chi connectivity index (χ2v) is 5.08. The maximum atomic E-state index is 11.8. The van der Waals surface area contributed by atoms with E-state index in [2.05, 4.69) is 15.1 Å². The van der Waals surface area contributed by atoms with Gasteiger partial charge in [-0.15, -0.1) is 5.10 Å². The molecule has 2 N–H and O–H groups in total. The van der Waals surface area contributed by atoms with E-state index in [0.29, 0.717) is 22.7 Å². The topological polar surface area (TPSA) is 86.2 Å². The monoisotopic (exact) mass is 301 g/mol. The molecule has 0 fully saturated rings. The molecular formula is C14H12ClN5O. The first-order chi connectivity index (χ1) is 9.97. The molecule has 0 atom stereocenters. The summed E-state index contributed by atoms with van der Waals surface area (Å²) in [7, 11) is 0. The second kappa shape index (κ2) is 4.82. The Morgan fingerprint density at radius 3 is 2.48 bits per heavy atom. The van der Waals surface area contributed by atoms with E-state index in [9.17, 15) is 4.79 Å². The van der Waals surface area contributed by atoms with Gasteiger partial charge in [0.25, 0.3) is 11.7 Å². The average molecular weight is 302 g/mol. The van der Waals surface area contributed by atoms with Crippen molar-refractivity contribution in [3.63, 3.8) is 0 Å². The molecule has 106 valence electrons. The fraction of sp³-hybridized carbons (Fsp3) is 0.143. The molecule has 7 heteroatoms. The Labute approximate surface area is 125 Å². The molecule has 3 aromatic rings. The summed E-state index contributed by atoms with van der Waals surface area (Å²) in [6.45, 7) is 3.69. The number of carbonyl (C=O) groups excluding carboxylic acids is 1. The quantitative estimate of drug-likeness (QED) is 0.786. The first kappa shape index (κ1) is 13.5. The average Bonchev–Trinajstić information content (AvgIpc) is 2.77. The van der Waals surface area contributed by atoms with Crippen molar-refractivity contribution in [1.29, 1.82) is 0 Å². The summed E-state index contributed by atoms with van der Waals surface area (Å²) in [4.78, 5) is 20.1. The van der Waals surface area contributed by atoms with Crippen molar-refractivity contribution < 1.29 is 4.79 Å². The van der Waals surface area contributed by atoms with Crippen LogP contribution in [0, 0.1) is 13.8 Å². The summed E-state index contributed by atoms with van der Waals surface area (Å²) in [6.07, 6.45) is 0. The first-order valence-electron chi connectivity index (χ1n) is 6.27. The number of nitrogens with two attached hydrogens (primary N) is 1. The Hall–Kier alpha value is -2.47. The third-order valence-electron chi connectivity index (χ3n) is 3.21. The zero-order valence-electron chi connectivity index (χ0n) is 11.5. The van der Waals surface area contributed by atoms with Crippen LogP contribution in [0.15, 0.2) is 24.3 Å². The third-order valence-corrected chi connectivity index (χ3v) is 3.37. The molecule has 1 amide bonds. The number of hydrogen-bond donors (Lipinski definition) is 1. The molecule has 3 rings (SSSR count). The Kier molecular flexibility index (Phi) is 3.10. The lowest BCUT2D eigenvalue weighted by atomic mass is 10.0. The van der Waals surface area contributed by atoms with Crippen molar-refractivity contribution >= 4 is 23.3 Å². The number of hydrogen-bond acceptors (Lipinski definition) is 4. The SMILES string of the molecule is Cc1ccc(-c2c(C(N)=O)c(C)nc3nc(Cl)nn23)cc1. The molecule has 0 aliphatic heterocycles. The van der Waals surface area contributed by atoms with E-state index in [0.717, 1.165) is 11.1 Å². The molecule has 0 spiro atoms. The molecular weight excluding hydrogens is 290 g/mol. The molecule has 0 saturated carbocycles. The highest BCUT2D eigenvalue weighted by Gasteiger charge is 2.20. The largest absolute Gasteiger partial charge is 0.365 e. The van der Waals surface area contributed by atoms with Crippen LogP contribution in [0.3, 0.4) is 0 Å². The minimum Gasteiger partial charge on any atom is -0.365 e. The van der Waals surface area contributed by atoms with E-state index in [4.69, 9.17) is 17.3 Å². The van der Waals surface area contributed by atoms with Gasteiger partial charge in [-0.1, -0.05) is 29.8 Å². The lowest BCUT2D eigenvalue weighted by Gasteiger charge is -2.11. The Bertz CT molecular complexity index is 854. The molecule has 6 nitrogen and oxygen atoms in total. The Morgan fingerprint density at radius 1 is 1.19 bits per heavy atom. The minimum atomic E-state index is -0.566. The van der Waals surface area contributed by atoms with Gasteiger partial charge in [-0.05, 0) is 25.4 Å². The first-order valence-corrected chi connectivity index (χ1v) is 6.65. The smallest absolute Gasteiger partial charge is 0.254 e. The number of rotatable bonds is 2. The van der Waals surface area contributed by atoms with Gasteiger partial charge in [-0.2, -0.15) is 9.50 Å². The third kappa shape index (κ3) is 2.23. The van der Waals surface area contributed by atoms with Crippen LogP contribution >= 0.6 is 11.6 Å². The molecule has 1 aromatic carbocycles. The minimum absolute atomic E-state index is 0.0666. The zero-order valence-corrected chi connectivity index (χ0v) is 12.2. The predicted molar refractivity (Wildman–Crippen MR) is 79.2 cm³/mol. The van der Waals surface area contributed by atoms with Gasteiger partial charge >= 0.3 is 0 Å². The van der Waals surface area contributed by atoms with Crippen LogP contribution in [0.4, 0.5) is 0 Å². The highest BCUT2D eigenvalue weighted by molar-refractivity contribution is 6.28. The summed E-state index contributed by atoms with van der Waals surface area (Å²) >= 11 is 5.85. The van der Waals surface area contributed by atoms with Crippen molar-refractivity contribution in [2.45, 2.75) is 13.8 Å². The fourth-order valence-corrected chi connectivity index (χ4v) is 2.41.